The second-order valence-corrected chi connectivity index (χ2v) is 10.2. The number of nitrogens with one attached hydrogen (secondary N) is 1. The maximum Gasteiger partial charge on any atom is 0.257 e. The Balaban J connectivity index is 1.61. The number of nitrogens with two attached hydrogens (primary N) is 1. The van der Waals surface area contributed by atoms with Gasteiger partial charge in [-0.25, -0.2) is 4.98 Å². The van der Waals surface area contributed by atoms with Gasteiger partial charge in [-0.05, 0) is 50.2 Å². The fourth-order valence-electron chi connectivity index (χ4n) is 4.12. The minimum atomic E-state index is -0.679. The number of aryl methyl sites for hydroxylation is 2. The number of nitrogens with zero attached hydrogens (tertiary/aromatic N) is 1. The van der Waals surface area contributed by atoms with Crippen LogP contribution in [0.5, 0.6) is 0 Å². The molecule has 0 aliphatic heterocycles. The number of para-hydroxylation sites is 1. The zero-order valence-corrected chi connectivity index (χ0v) is 21.5. The fourth-order valence-corrected chi connectivity index (χ4v) is 5.69. The minimum absolute atomic E-state index is 0.190. The number of pyridine rings is 1. The standard InChI is InChI=1S/C27H19Cl2N3O3S/c1-13-7-10-22(35-13)21-12-18(16-5-3-4-6-20(16)31-21)26(34)32-27-24(25(30)33)23(14(2)36-27)17-9-8-15(28)11-19(17)29/h3-12H,1-2H3,(H2,30,33)(H,32,34). The van der Waals surface area contributed by atoms with Crippen molar-refractivity contribution in [2.45, 2.75) is 13.8 Å². The molecule has 180 valence electrons. The molecule has 6 nitrogen and oxygen atoms in total. The number of fused-ring (bicyclic) bond motifs is 1. The molecule has 3 heterocycles. The monoisotopic (exact) mass is 535 g/mol. The van der Waals surface area contributed by atoms with Crippen LogP contribution in [0.15, 0.2) is 65.1 Å². The van der Waals surface area contributed by atoms with E-state index in [1.807, 2.05) is 50.2 Å². The molecular weight excluding hydrogens is 517 g/mol. The Morgan fingerprint density at radius 2 is 1.81 bits per heavy atom. The van der Waals surface area contributed by atoms with Crippen molar-refractivity contribution in [1.82, 2.24) is 4.98 Å². The molecule has 0 aliphatic carbocycles. The highest BCUT2D eigenvalue weighted by Gasteiger charge is 2.25. The van der Waals surface area contributed by atoms with Crippen LogP contribution >= 0.6 is 34.5 Å². The predicted molar refractivity (Wildman–Crippen MR) is 145 cm³/mol. The molecule has 0 aliphatic rings. The molecule has 5 rings (SSSR count). The molecule has 2 amide bonds. The molecule has 5 aromatic rings. The second-order valence-electron chi connectivity index (χ2n) is 8.16. The van der Waals surface area contributed by atoms with Gasteiger partial charge in [0.25, 0.3) is 11.8 Å². The number of carbonyl (C=O) groups is 2. The van der Waals surface area contributed by atoms with Crippen molar-refractivity contribution in [2.24, 2.45) is 5.73 Å². The molecule has 0 atom stereocenters. The summed E-state index contributed by atoms with van der Waals surface area (Å²) in [5, 5.41) is 4.74. The Bertz CT molecular complexity index is 1670. The third-order valence-electron chi connectivity index (χ3n) is 5.71. The van der Waals surface area contributed by atoms with Gasteiger partial charge in [-0.15, -0.1) is 11.3 Å². The molecule has 0 saturated heterocycles. The van der Waals surface area contributed by atoms with E-state index in [1.165, 1.54) is 11.3 Å². The molecule has 0 unspecified atom stereocenters. The summed E-state index contributed by atoms with van der Waals surface area (Å²) in [5.74, 6) is 0.203. The summed E-state index contributed by atoms with van der Waals surface area (Å²) < 4.78 is 5.73. The summed E-state index contributed by atoms with van der Waals surface area (Å²) in [6, 6.07) is 17.7. The van der Waals surface area contributed by atoms with Crippen LogP contribution in [0.25, 0.3) is 33.5 Å². The molecule has 9 heteroatoms. The Labute approximate surface area is 220 Å². The van der Waals surface area contributed by atoms with Crippen LogP contribution in [0.1, 0.15) is 31.4 Å². The maximum atomic E-state index is 13.6. The van der Waals surface area contributed by atoms with Crippen molar-refractivity contribution in [2.75, 3.05) is 5.32 Å². The SMILES string of the molecule is Cc1ccc(-c2cc(C(=O)Nc3sc(C)c(-c4ccc(Cl)cc4Cl)c3C(N)=O)c3ccccc3n2)o1. The van der Waals surface area contributed by atoms with Gasteiger partial charge in [0.05, 0.1) is 16.6 Å². The lowest BCUT2D eigenvalue weighted by atomic mass is 10.0. The lowest BCUT2D eigenvalue weighted by Crippen LogP contribution is -2.18. The van der Waals surface area contributed by atoms with E-state index >= 15 is 0 Å². The summed E-state index contributed by atoms with van der Waals surface area (Å²) in [6.07, 6.45) is 0. The molecule has 3 N–H and O–H groups in total. The fraction of sp³-hybridized carbons (Fsp3) is 0.0741. The van der Waals surface area contributed by atoms with Crippen molar-refractivity contribution < 1.29 is 14.0 Å². The van der Waals surface area contributed by atoms with Gasteiger partial charge >= 0.3 is 0 Å². The maximum absolute atomic E-state index is 13.6. The van der Waals surface area contributed by atoms with Crippen molar-refractivity contribution in [3.63, 3.8) is 0 Å². The van der Waals surface area contributed by atoms with Gasteiger partial charge in [-0.2, -0.15) is 0 Å². The highest BCUT2D eigenvalue weighted by atomic mass is 35.5. The summed E-state index contributed by atoms with van der Waals surface area (Å²) in [4.78, 5) is 31.6. The van der Waals surface area contributed by atoms with Crippen LogP contribution in [0.4, 0.5) is 5.00 Å². The van der Waals surface area contributed by atoms with E-state index in [0.717, 1.165) is 10.6 Å². The van der Waals surface area contributed by atoms with Crippen molar-refractivity contribution in [3.05, 3.63) is 92.5 Å². The smallest absolute Gasteiger partial charge is 0.257 e. The molecule has 3 aromatic heterocycles. The second kappa shape index (κ2) is 9.43. The van der Waals surface area contributed by atoms with Gasteiger partial charge in [0.1, 0.15) is 16.5 Å². The average Bonchev–Trinajstić information content (AvgIpc) is 3.41. The van der Waals surface area contributed by atoms with E-state index in [4.69, 9.17) is 33.4 Å². The molecule has 0 radical (unpaired) electrons. The summed E-state index contributed by atoms with van der Waals surface area (Å²) in [5.41, 5.74) is 8.69. The van der Waals surface area contributed by atoms with E-state index in [1.54, 1.807) is 24.3 Å². The Kier molecular flexibility index (Phi) is 6.30. The normalized spacial score (nSPS) is 11.1. The minimum Gasteiger partial charge on any atom is -0.460 e. The zero-order chi connectivity index (χ0) is 25.6. The van der Waals surface area contributed by atoms with Gasteiger partial charge in [-0.3, -0.25) is 9.59 Å². The third-order valence-corrected chi connectivity index (χ3v) is 7.28. The van der Waals surface area contributed by atoms with Crippen LogP contribution in [0.3, 0.4) is 0 Å². The number of primary amides is 1. The summed E-state index contributed by atoms with van der Waals surface area (Å²) >= 11 is 13.7. The number of amides is 2. The molecule has 0 spiro atoms. The van der Waals surface area contributed by atoms with Gasteiger partial charge in [0.15, 0.2) is 5.76 Å². The lowest BCUT2D eigenvalue weighted by Gasteiger charge is -2.11. The zero-order valence-electron chi connectivity index (χ0n) is 19.2. The number of hydrogen-bond donors (Lipinski definition) is 2. The summed E-state index contributed by atoms with van der Waals surface area (Å²) in [7, 11) is 0. The Hall–Kier alpha value is -3.65. The number of carbonyl (C=O) groups excluding carboxylic acids is 2. The lowest BCUT2D eigenvalue weighted by molar-refractivity contribution is 0.100. The van der Waals surface area contributed by atoms with Gasteiger partial charge < -0.3 is 15.5 Å². The van der Waals surface area contributed by atoms with E-state index in [-0.39, 0.29) is 5.56 Å². The van der Waals surface area contributed by atoms with Crippen LogP contribution < -0.4 is 11.1 Å². The topological polar surface area (TPSA) is 98.2 Å². The van der Waals surface area contributed by atoms with Crippen LogP contribution in [0.2, 0.25) is 10.0 Å². The number of anilines is 1. The third kappa shape index (κ3) is 4.37. The number of thiophene rings is 1. The molecule has 0 bridgehead atoms. The number of halogens is 2. The quantitative estimate of drug-likeness (QED) is 0.243. The molecule has 0 fully saturated rings. The number of aromatic nitrogens is 1. The van der Waals surface area contributed by atoms with Crippen molar-refractivity contribution in [3.8, 4) is 22.6 Å². The van der Waals surface area contributed by atoms with Gasteiger partial charge in [-0.1, -0.05) is 47.5 Å². The highest BCUT2D eigenvalue weighted by Crippen LogP contribution is 2.43. The number of hydrogen-bond acceptors (Lipinski definition) is 5. The first-order valence-corrected chi connectivity index (χ1v) is 12.5. The molecule has 36 heavy (non-hydrogen) atoms. The molecular formula is C27H19Cl2N3O3S. The predicted octanol–water partition coefficient (Wildman–Crippen LogP) is 7.50. The van der Waals surface area contributed by atoms with E-state index in [9.17, 15) is 9.59 Å². The van der Waals surface area contributed by atoms with Crippen LogP contribution in [0, 0.1) is 13.8 Å². The van der Waals surface area contributed by atoms with Crippen molar-refractivity contribution >= 4 is 62.3 Å². The first kappa shape index (κ1) is 24.1. The first-order valence-electron chi connectivity index (χ1n) is 10.9. The highest BCUT2D eigenvalue weighted by molar-refractivity contribution is 7.17. The van der Waals surface area contributed by atoms with Crippen LogP contribution in [-0.2, 0) is 0 Å². The van der Waals surface area contributed by atoms with E-state index < -0.39 is 11.8 Å². The van der Waals surface area contributed by atoms with Crippen molar-refractivity contribution in [1.29, 1.82) is 0 Å². The average molecular weight is 536 g/mol. The van der Waals surface area contributed by atoms with E-state index in [2.05, 4.69) is 10.3 Å². The largest absolute Gasteiger partial charge is 0.460 e. The van der Waals surface area contributed by atoms with Gasteiger partial charge in [0, 0.05) is 31.4 Å². The summed E-state index contributed by atoms with van der Waals surface area (Å²) in [6.45, 7) is 3.68. The first-order chi connectivity index (χ1) is 17.2. The van der Waals surface area contributed by atoms with E-state index in [0.29, 0.717) is 54.1 Å². The number of rotatable bonds is 5. The van der Waals surface area contributed by atoms with Crippen LogP contribution in [-0.4, -0.2) is 16.8 Å². The Morgan fingerprint density at radius 1 is 1.03 bits per heavy atom. The molecule has 2 aromatic carbocycles. The Morgan fingerprint density at radius 3 is 2.50 bits per heavy atom. The van der Waals surface area contributed by atoms with Gasteiger partial charge in [0.2, 0.25) is 0 Å². The molecule has 0 saturated carbocycles. The number of furan rings is 1. The number of benzene rings is 2.